The Hall–Kier alpha value is -1.16. The predicted octanol–water partition coefficient (Wildman–Crippen LogP) is 4.35. The zero-order chi connectivity index (χ0) is 16.6. The minimum atomic E-state index is 0.704. The van der Waals surface area contributed by atoms with E-state index in [0.717, 1.165) is 18.9 Å². The summed E-state index contributed by atoms with van der Waals surface area (Å²) >= 11 is 0. The Balaban J connectivity index is 1.97. The van der Waals surface area contributed by atoms with Gasteiger partial charge in [-0.3, -0.25) is 0 Å². The molecule has 0 radical (unpaired) electrons. The number of unbranched alkanes of at least 4 members (excludes halogenated alkanes) is 9. The highest BCUT2D eigenvalue weighted by molar-refractivity contribution is 5.30. The molecule has 0 saturated carbocycles. The zero-order valence-electron chi connectivity index (χ0n) is 15.2. The maximum Gasteiger partial charge on any atom is 0.288 e. The molecule has 0 fully saturated rings. The highest BCUT2D eigenvalue weighted by Crippen LogP contribution is 2.10. The van der Waals surface area contributed by atoms with Crippen LogP contribution in [0.15, 0.2) is 18.6 Å². The van der Waals surface area contributed by atoms with Crippen molar-refractivity contribution in [2.24, 2.45) is 0 Å². The second kappa shape index (κ2) is 14.4. The van der Waals surface area contributed by atoms with Crippen LogP contribution in [0.3, 0.4) is 0 Å². The Bertz CT molecular complexity index is 367. The van der Waals surface area contributed by atoms with E-state index in [4.69, 9.17) is 4.74 Å². The number of anilines is 1. The van der Waals surface area contributed by atoms with Gasteiger partial charge in [0, 0.05) is 19.7 Å². The van der Waals surface area contributed by atoms with Crippen LogP contribution in [0, 0.1) is 0 Å². The lowest BCUT2D eigenvalue weighted by molar-refractivity contribution is -0.700. The molecule has 132 valence electrons. The normalized spacial score (nSPS) is 10.9. The van der Waals surface area contributed by atoms with Gasteiger partial charge in [0.1, 0.15) is 0 Å². The maximum absolute atomic E-state index is 5.01. The smallest absolute Gasteiger partial charge is 0.288 e. The molecule has 0 aliphatic carbocycles. The maximum atomic E-state index is 5.01. The van der Waals surface area contributed by atoms with Crippen molar-refractivity contribution in [2.75, 3.05) is 25.6 Å². The zero-order valence-corrected chi connectivity index (χ0v) is 15.2. The summed E-state index contributed by atoms with van der Waals surface area (Å²) in [5.74, 6) is 0.918. The van der Waals surface area contributed by atoms with E-state index in [1.165, 1.54) is 64.2 Å². The summed E-state index contributed by atoms with van der Waals surface area (Å²) in [6, 6.07) is 2.03. The van der Waals surface area contributed by atoms with Crippen LogP contribution in [0.4, 0.5) is 5.82 Å². The predicted molar refractivity (Wildman–Crippen MR) is 96.6 cm³/mol. The number of rotatable bonds is 15. The topological polar surface area (TPSA) is 38.0 Å². The van der Waals surface area contributed by atoms with Crippen molar-refractivity contribution in [3.8, 4) is 0 Å². The summed E-state index contributed by atoms with van der Waals surface area (Å²) in [5, 5.41) is 3.23. The van der Waals surface area contributed by atoms with E-state index in [1.807, 2.05) is 12.4 Å². The first-order valence-corrected chi connectivity index (χ1v) is 9.44. The first kappa shape index (κ1) is 19.9. The molecular formula is C19H36N3O+. The monoisotopic (exact) mass is 322 g/mol. The molecule has 0 aliphatic heterocycles. The van der Waals surface area contributed by atoms with Crippen LogP contribution in [0.5, 0.6) is 0 Å². The van der Waals surface area contributed by atoms with Gasteiger partial charge in [-0.15, -0.1) is 0 Å². The van der Waals surface area contributed by atoms with Gasteiger partial charge in [0.05, 0.1) is 19.3 Å². The fraction of sp³-hybridized carbons (Fsp3) is 0.789. The third kappa shape index (κ3) is 11.1. The minimum absolute atomic E-state index is 0.704. The first-order valence-electron chi connectivity index (χ1n) is 9.44. The molecule has 0 saturated heterocycles. The van der Waals surface area contributed by atoms with Crippen molar-refractivity contribution < 1.29 is 9.30 Å². The van der Waals surface area contributed by atoms with E-state index in [2.05, 4.69) is 28.0 Å². The highest BCUT2D eigenvalue weighted by Gasteiger charge is 2.02. The average Bonchev–Trinajstić information content (AvgIpc) is 2.58. The Morgan fingerprint density at radius 2 is 1.65 bits per heavy atom. The number of nitrogens with zero attached hydrogens (tertiary/aromatic N) is 2. The molecule has 1 aromatic rings. The van der Waals surface area contributed by atoms with Gasteiger partial charge >= 0.3 is 0 Å². The number of hydrogen-bond donors (Lipinski definition) is 1. The SMILES string of the molecule is CCCCCCCCCCCC[n+]1ccc(NCCOC)nc1. The van der Waals surface area contributed by atoms with E-state index in [9.17, 15) is 0 Å². The molecule has 0 amide bonds. The van der Waals surface area contributed by atoms with Crippen molar-refractivity contribution in [3.63, 3.8) is 0 Å². The number of ether oxygens (including phenoxy) is 1. The Morgan fingerprint density at radius 1 is 1.00 bits per heavy atom. The Kier molecular flexibility index (Phi) is 12.5. The van der Waals surface area contributed by atoms with Crippen molar-refractivity contribution >= 4 is 5.82 Å². The molecule has 1 N–H and O–H groups in total. The van der Waals surface area contributed by atoms with Gasteiger partial charge in [-0.2, -0.15) is 0 Å². The quantitative estimate of drug-likeness (QED) is 0.385. The lowest BCUT2D eigenvalue weighted by Gasteiger charge is -2.03. The highest BCUT2D eigenvalue weighted by atomic mass is 16.5. The molecule has 23 heavy (non-hydrogen) atoms. The van der Waals surface area contributed by atoms with Gasteiger partial charge in [-0.25, -0.2) is 4.57 Å². The fourth-order valence-electron chi connectivity index (χ4n) is 2.68. The Morgan fingerprint density at radius 3 is 2.22 bits per heavy atom. The van der Waals surface area contributed by atoms with Crippen molar-refractivity contribution in [3.05, 3.63) is 18.6 Å². The molecule has 1 heterocycles. The molecule has 0 atom stereocenters. The van der Waals surface area contributed by atoms with Crippen LogP contribution in [-0.4, -0.2) is 25.2 Å². The lowest BCUT2D eigenvalue weighted by atomic mass is 10.1. The van der Waals surface area contributed by atoms with Gasteiger partial charge in [0.15, 0.2) is 0 Å². The number of hydrogen-bond acceptors (Lipinski definition) is 3. The van der Waals surface area contributed by atoms with E-state index >= 15 is 0 Å². The molecule has 1 aromatic heterocycles. The summed E-state index contributed by atoms with van der Waals surface area (Å²) < 4.78 is 7.18. The van der Waals surface area contributed by atoms with Gasteiger partial charge in [0.2, 0.25) is 5.82 Å². The molecule has 0 bridgehead atoms. The van der Waals surface area contributed by atoms with Gasteiger partial charge < -0.3 is 10.1 Å². The van der Waals surface area contributed by atoms with Crippen LogP contribution in [0.2, 0.25) is 0 Å². The third-order valence-electron chi connectivity index (χ3n) is 4.15. The standard InChI is InChI=1S/C19H35N3O/c1-3-4-5-6-7-8-9-10-11-12-15-22-16-13-19(21-18-22)20-14-17-23-2/h13,16,18H,3-12,14-15,17H2,1-2H3/p+1. The summed E-state index contributed by atoms with van der Waals surface area (Å²) in [4.78, 5) is 4.41. The lowest BCUT2D eigenvalue weighted by Crippen LogP contribution is -2.33. The molecule has 0 aromatic carbocycles. The van der Waals surface area contributed by atoms with Crippen LogP contribution in [0.25, 0.3) is 0 Å². The number of aromatic nitrogens is 2. The van der Waals surface area contributed by atoms with Crippen LogP contribution >= 0.6 is 0 Å². The number of aryl methyl sites for hydroxylation is 1. The summed E-state index contributed by atoms with van der Waals surface area (Å²) in [6.45, 7) is 4.85. The largest absolute Gasteiger partial charge is 0.383 e. The van der Waals surface area contributed by atoms with E-state index < -0.39 is 0 Å². The molecule has 0 spiro atoms. The van der Waals surface area contributed by atoms with Crippen molar-refractivity contribution in [1.29, 1.82) is 0 Å². The van der Waals surface area contributed by atoms with Gasteiger partial charge in [-0.05, 0) is 17.8 Å². The summed E-state index contributed by atoms with van der Waals surface area (Å²) in [6.07, 6.45) is 17.8. The van der Waals surface area contributed by atoms with Crippen LogP contribution in [-0.2, 0) is 11.3 Å². The first-order chi connectivity index (χ1) is 11.4. The summed E-state index contributed by atoms with van der Waals surface area (Å²) in [7, 11) is 1.71. The van der Waals surface area contributed by atoms with E-state index in [0.29, 0.717) is 6.61 Å². The van der Waals surface area contributed by atoms with Crippen LogP contribution < -0.4 is 9.88 Å². The summed E-state index contributed by atoms with van der Waals surface area (Å²) in [5.41, 5.74) is 0. The Labute approximate surface area is 142 Å². The average molecular weight is 323 g/mol. The molecule has 0 aliphatic rings. The molecule has 0 unspecified atom stereocenters. The second-order valence-electron chi connectivity index (χ2n) is 6.28. The number of methoxy groups -OCH3 is 1. The second-order valence-corrected chi connectivity index (χ2v) is 6.28. The number of nitrogens with one attached hydrogen (secondary N) is 1. The van der Waals surface area contributed by atoms with Crippen LogP contribution in [0.1, 0.15) is 71.1 Å². The molecule has 1 rings (SSSR count). The van der Waals surface area contributed by atoms with Gasteiger partial charge in [-0.1, -0.05) is 58.3 Å². The van der Waals surface area contributed by atoms with Crippen molar-refractivity contribution in [2.45, 2.75) is 77.7 Å². The van der Waals surface area contributed by atoms with Gasteiger partial charge in [0.25, 0.3) is 6.33 Å². The third-order valence-corrected chi connectivity index (χ3v) is 4.15. The minimum Gasteiger partial charge on any atom is -0.383 e. The molecule has 4 heteroatoms. The molecule has 4 nitrogen and oxygen atoms in total. The molecular weight excluding hydrogens is 286 g/mol. The van der Waals surface area contributed by atoms with Crippen molar-refractivity contribution in [1.82, 2.24) is 4.98 Å². The fourth-order valence-corrected chi connectivity index (χ4v) is 2.68. The van der Waals surface area contributed by atoms with E-state index in [1.54, 1.807) is 7.11 Å². The van der Waals surface area contributed by atoms with E-state index in [-0.39, 0.29) is 0 Å².